The molecule has 0 aliphatic heterocycles. The normalized spacial score (nSPS) is 13.8. The molecule has 0 aromatic heterocycles. The van der Waals surface area contributed by atoms with E-state index in [1.165, 1.54) is 5.57 Å². The third-order valence-corrected chi connectivity index (χ3v) is 2.98. The summed E-state index contributed by atoms with van der Waals surface area (Å²) in [6.07, 6.45) is 4.55. The molecule has 2 heteroatoms. The maximum absolute atomic E-state index is 10.3. The fourth-order valence-corrected chi connectivity index (χ4v) is 1.94. The summed E-state index contributed by atoms with van der Waals surface area (Å²) in [4.78, 5) is 0. The summed E-state index contributed by atoms with van der Waals surface area (Å²) in [7, 11) is 1.66. The fourth-order valence-electron chi connectivity index (χ4n) is 1.94. The fraction of sp³-hybridized carbons (Fsp3) is 0.500. The van der Waals surface area contributed by atoms with E-state index in [-0.39, 0.29) is 0 Å². The molecule has 0 aliphatic carbocycles. The van der Waals surface area contributed by atoms with E-state index >= 15 is 0 Å². The van der Waals surface area contributed by atoms with Crippen LogP contribution in [-0.2, 0) is 6.42 Å². The van der Waals surface area contributed by atoms with Gasteiger partial charge in [-0.3, -0.25) is 0 Å². The van der Waals surface area contributed by atoms with E-state index in [1.54, 1.807) is 7.11 Å². The van der Waals surface area contributed by atoms with Crippen molar-refractivity contribution in [1.82, 2.24) is 0 Å². The van der Waals surface area contributed by atoms with Gasteiger partial charge in [-0.25, -0.2) is 0 Å². The molecule has 0 bridgehead atoms. The molecule has 0 amide bonds. The molecule has 18 heavy (non-hydrogen) atoms. The van der Waals surface area contributed by atoms with Gasteiger partial charge in [-0.1, -0.05) is 23.8 Å². The van der Waals surface area contributed by atoms with Crippen LogP contribution >= 0.6 is 0 Å². The monoisotopic (exact) mass is 248 g/mol. The molecule has 1 aromatic rings. The van der Waals surface area contributed by atoms with E-state index in [9.17, 15) is 5.11 Å². The Balaban J connectivity index is 2.55. The highest BCUT2D eigenvalue weighted by molar-refractivity contribution is 5.28. The average Bonchev–Trinajstić information content (AvgIpc) is 2.28. The molecule has 1 aromatic carbocycles. The standard InChI is InChI=1S/C16H24O2/c1-13(2)6-5-11-16(3,17)12-14-7-9-15(18-4)10-8-14/h6-10,17H,5,11-12H2,1-4H3. The van der Waals surface area contributed by atoms with Crippen molar-refractivity contribution in [3.8, 4) is 5.75 Å². The van der Waals surface area contributed by atoms with Crippen LogP contribution in [0.15, 0.2) is 35.9 Å². The van der Waals surface area contributed by atoms with Gasteiger partial charge in [0.25, 0.3) is 0 Å². The van der Waals surface area contributed by atoms with E-state index in [0.717, 1.165) is 24.2 Å². The van der Waals surface area contributed by atoms with Gasteiger partial charge < -0.3 is 9.84 Å². The summed E-state index contributed by atoms with van der Waals surface area (Å²) < 4.78 is 5.12. The molecule has 100 valence electrons. The maximum Gasteiger partial charge on any atom is 0.118 e. The average molecular weight is 248 g/mol. The molecule has 0 heterocycles. The molecule has 1 N–H and O–H groups in total. The Bertz CT molecular complexity index is 384. The minimum Gasteiger partial charge on any atom is -0.497 e. The molecule has 1 rings (SSSR count). The van der Waals surface area contributed by atoms with E-state index in [2.05, 4.69) is 19.9 Å². The van der Waals surface area contributed by atoms with Crippen LogP contribution in [-0.4, -0.2) is 17.8 Å². The van der Waals surface area contributed by atoms with Crippen LogP contribution in [0.1, 0.15) is 39.2 Å². The van der Waals surface area contributed by atoms with Gasteiger partial charge >= 0.3 is 0 Å². The topological polar surface area (TPSA) is 29.5 Å². The van der Waals surface area contributed by atoms with Crippen molar-refractivity contribution < 1.29 is 9.84 Å². The third kappa shape index (κ3) is 5.37. The quantitative estimate of drug-likeness (QED) is 0.777. The van der Waals surface area contributed by atoms with E-state index in [4.69, 9.17) is 4.74 Å². The summed E-state index contributed by atoms with van der Waals surface area (Å²) in [5.74, 6) is 0.850. The van der Waals surface area contributed by atoms with Crippen LogP contribution in [0.3, 0.4) is 0 Å². The molecule has 0 spiro atoms. The van der Waals surface area contributed by atoms with Crippen molar-refractivity contribution in [2.24, 2.45) is 0 Å². The molecule has 0 radical (unpaired) electrons. The lowest BCUT2D eigenvalue weighted by Crippen LogP contribution is -2.26. The maximum atomic E-state index is 10.3. The number of ether oxygens (including phenoxy) is 1. The minimum absolute atomic E-state index is 0.652. The largest absolute Gasteiger partial charge is 0.497 e. The molecule has 0 saturated carbocycles. The number of hydrogen-bond acceptors (Lipinski definition) is 2. The van der Waals surface area contributed by atoms with Crippen molar-refractivity contribution in [2.75, 3.05) is 7.11 Å². The molecular formula is C16H24O2. The number of rotatable bonds is 6. The molecular weight excluding hydrogens is 224 g/mol. The Morgan fingerprint density at radius 3 is 2.39 bits per heavy atom. The number of allylic oxidation sites excluding steroid dienone is 2. The second-order valence-corrected chi connectivity index (χ2v) is 5.34. The Morgan fingerprint density at radius 2 is 1.89 bits per heavy atom. The lowest BCUT2D eigenvalue weighted by Gasteiger charge is -2.23. The molecule has 1 atom stereocenters. The molecule has 0 fully saturated rings. The van der Waals surface area contributed by atoms with Crippen molar-refractivity contribution in [2.45, 2.75) is 45.6 Å². The highest BCUT2D eigenvalue weighted by atomic mass is 16.5. The van der Waals surface area contributed by atoms with Crippen LogP contribution in [0.25, 0.3) is 0 Å². The number of aliphatic hydroxyl groups is 1. The van der Waals surface area contributed by atoms with Gasteiger partial charge in [0, 0.05) is 6.42 Å². The lowest BCUT2D eigenvalue weighted by molar-refractivity contribution is 0.0523. The van der Waals surface area contributed by atoms with Gasteiger partial charge in [0.1, 0.15) is 5.75 Å². The molecule has 1 unspecified atom stereocenters. The molecule has 0 saturated heterocycles. The zero-order valence-electron chi connectivity index (χ0n) is 11.9. The highest BCUT2D eigenvalue weighted by Gasteiger charge is 2.19. The Morgan fingerprint density at radius 1 is 1.28 bits per heavy atom. The van der Waals surface area contributed by atoms with Gasteiger partial charge in [0.05, 0.1) is 12.7 Å². The predicted molar refractivity (Wildman–Crippen MR) is 76.0 cm³/mol. The Labute approximate surface area is 110 Å². The Hall–Kier alpha value is -1.28. The van der Waals surface area contributed by atoms with Crippen LogP contribution in [0, 0.1) is 0 Å². The first kappa shape index (κ1) is 14.8. The van der Waals surface area contributed by atoms with Gasteiger partial charge in [-0.15, -0.1) is 0 Å². The van der Waals surface area contributed by atoms with Gasteiger partial charge in [0.2, 0.25) is 0 Å². The number of hydrogen-bond donors (Lipinski definition) is 1. The molecule has 0 aliphatic rings. The van der Waals surface area contributed by atoms with Crippen molar-refractivity contribution in [3.05, 3.63) is 41.5 Å². The van der Waals surface area contributed by atoms with E-state index < -0.39 is 5.60 Å². The first-order chi connectivity index (χ1) is 8.43. The summed E-state index contributed by atoms with van der Waals surface area (Å²) in [6, 6.07) is 7.88. The zero-order chi connectivity index (χ0) is 13.6. The summed E-state index contributed by atoms with van der Waals surface area (Å²) in [6.45, 7) is 6.06. The van der Waals surface area contributed by atoms with E-state index in [0.29, 0.717) is 6.42 Å². The molecule has 2 nitrogen and oxygen atoms in total. The number of methoxy groups -OCH3 is 1. The van der Waals surface area contributed by atoms with Crippen LogP contribution in [0.2, 0.25) is 0 Å². The van der Waals surface area contributed by atoms with Crippen molar-refractivity contribution in [1.29, 1.82) is 0 Å². The Kier molecular flexibility index (Phi) is 5.42. The van der Waals surface area contributed by atoms with E-state index in [1.807, 2.05) is 31.2 Å². The first-order valence-electron chi connectivity index (χ1n) is 6.41. The number of benzene rings is 1. The van der Waals surface area contributed by atoms with Crippen LogP contribution in [0.4, 0.5) is 0 Å². The third-order valence-electron chi connectivity index (χ3n) is 2.98. The van der Waals surface area contributed by atoms with Crippen molar-refractivity contribution in [3.63, 3.8) is 0 Å². The van der Waals surface area contributed by atoms with Gasteiger partial charge in [-0.05, 0) is 51.3 Å². The van der Waals surface area contributed by atoms with Crippen LogP contribution < -0.4 is 4.74 Å². The highest BCUT2D eigenvalue weighted by Crippen LogP contribution is 2.21. The van der Waals surface area contributed by atoms with Gasteiger partial charge in [0.15, 0.2) is 0 Å². The first-order valence-corrected chi connectivity index (χ1v) is 6.41. The predicted octanol–water partition coefficient (Wildman–Crippen LogP) is 3.74. The summed E-state index contributed by atoms with van der Waals surface area (Å²) in [5.41, 5.74) is 1.79. The summed E-state index contributed by atoms with van der Waals surface area (Å²) in [5, 5.41) is 10.3. The summed E-state index contributed by atoms with van der Waals surface area (Å²) >= 11 is 0. The lowest BCUT2D eigenvalue weighted by atomic mass is 9.91. The second-order valence-electron chi connectivity index (χ2n) is 5.34. The van der Waals surface area contributed by atoms with Crippen LogP contribution in [0.5, 0.6) is 5.75 Å². The SMILES string of the molecule is COc1ccc(CC(C)(O)CCC=C(C)C)cc1. The van der Waals surface area contributed by atoms with Crippen molar-refractivity contribution >= 4 is 0 Å². The second kappa shape index (κ2) is 6.60. The zero-order valence-corrected chi connectivity index (χ0v) is 11.9. The smallest absolute Gasteiger partial charge is 0.118 e. The van der Waals surface area contributed by atoms with Gasteiger partial charge in [-0.2, -0.15) is 0 Å². The minimum atomic E-state index is -0.652.